The summed E-state index contributed by atoms with van der Waals surface area (Å²) in [6.07, 6.45) is -1.27. The van der Waals surface area contributed by atoms with Gasteiger partial charge in [-0.2, -0.15) is 12.6 Å². The third-order valence-electron chi connectivity index (χ3n) is 4.15. The molecule has 0 rings (SSSR count). The van der Waals surface area contributed by atoms with E-state index in [2.05, 4.69) is 33.6 Å². The number of hydrogen-bond donors (Lipinski definition) is 10. The molecule has 4 unspecified atom stereocenters. The highest BCUT2D eigenvalue weighted by atomic mass is 32.1. The predicted octanol–water partition coefficient (Wildman–Crippen LogP) is -4.81. The summed E-state index contributed by atoms with van der Waals surface area (Å²) in [6, 6.07) is -5.78. The van der Waals surface area contributed by atoms with Crippen molar-refractivity contribution in [3.63, 3.8) is 0 Å². The number of amides is 4. The molecule has 192 valence electrons. The predicted molar refractivity (Wildman–Crippen MR) is 121 cm³/mol. The van der Waals surface area contributed by atoms with Gasteiger partial charge < -0.3 is 49.1 Å². The molecule has 0 saturated carbocycles. The summed E-state index contributed by atoms with van der Waals surface area (Å²) in [5, 5.41) is 24.4. The molecule has 17 heteroatoms. The van der Waals surface area contributed by atoms with Crippen molar-refractivity contribution < 1.29 is 39.0 Å². The summed E-state index contributed by atoms with van der Waals surface area (Å²) in [5.41, 5.74) is 21.1. The average Bonchev–Trinajstić information content (AvgIpc) is 2.71. The number of aliphatic carboxylic acids is 2. The van der Waals surface area contributed by atoms with Crippen molar-refractivity contribution in [3.8, 4) is 0 Å². The standard InChI is InChI=1S/C17H30N8O8S/c18-7(4-12(27)28)13(29)23-8(2-1-3-22-17(20)21)14(30)24-9(5-11(19)26)15(31)25-10(6-34)16(32)33/h7-10,34H,1-6,18H2,(H2,19,26)(H,23,29)(H,24,30)(H,25,31)(H,27,28)(H,32,33)(H4,20,21,22). The molecule has 0 aromatic heterocycles. The Labute approximate surface area is 199 Å². The first kappa shape index (κ1) is 30.4. The fraction of sp³-hybridized carbons (Fsp3) is 0.588. The molecule has 0 heterocycles. The third-order valence-corrected chi connectivity index (χ3v) is 4.51. The molecular formula is C17H30N8O8S. The largest absolute Gasteiger partial charge is 0.481 e. The van der Waals surface area contributed by atoms with Gasteiger partial charge in [-0.3, -0.25) is 29.0 Å². The second kappa shape index (κ2) is 15.3. The molecule has 4 atom stereocenters. The van der Waals surface area contributed by atoms with E-state index >= 15 is 0 Å². The highest BCUT2D eigenvalue weighted by Crippen LogP contribution is 2.03. The van der Waals surface area contributed by atoms with Crippen LogP contribution in [0.15, 0.2) is 4.99 Å². The lowest BCUT2D eigenvalue weighted by Gasteiger charge is -2.24. The van der Waals surface area contributed by atoms with Crippen LogP contribution in [0.3, 0.4) is 0 Å². The number of guanidine groups is 1. The molecule has 0 aliphatic carbocycles. The zero-order valence-corrected chi connectivity index (χ0v) is 19.0. The molecule has 0 aliphatic rings. The molecule has 0 saturated heterocycles. The fourth-order valence-electron chi connectivity index (χ4n) is 2.47. The van der Waals surface area contributed by atoms with Crippen LogP contribution in [0.25, 0.3) is 0 Å². The number of carbonyl (C=O) groups is 6. The van der Waals surface area contributed by atoms with Crippen LogP contribution in [0.1, 0.15) is 25.7 Å². The van der Waals surface area contributed by atoms with E-state index in [4.69, 9.17) is 33.1 Å². The number of carboxylic acid groups (broad SMARTS) is 2. The number of primary amides is 1. The molecule has 0 fully saturated rings. The maximum Gasteiger partial charge on any atom is 0.327 e. The number of nitrogens with two attached hydrogens (primary N) is 4. The van der Waals surface area contributed by atoms with Gasteiger partial charge in [-0.05, 0) is 12.8 Å². The fourth-order valence-corrected chi connectivity index (χ4v) is 2.72. The van der Waals surface area contributed by atoms with Crippen LogP contribution in [0.4, 0.5) is 0 Å². The number of nitrogens with one attached hydrogen (secondary N) is 3. The van der Waals surface area contributed by atoms with Crippen molar-refractivity contribution in [2.75, 3.05) is 12.3 Å². The maximum absolute atomic E-state index is 12.8. The molecule has 34 heavy (non-hydrogen) atoms. The summed E-state index contributed by atoms with van der Waals surface area (Å²) >= 11 is 3.81. The van der Waals surface area contributed by atoms with Crippen LogP contribution in [0.5, 0.6) is 0 Å². The first-order valence-electron chi connectivity index (χ1n) is 9.84. The third kappa shape index (κ3) is 12.4. The van der Waals surface area contributed by atoms with Gasteiger partial charge in [0.05, 0.1) is 18.9 Å². The number of hydrogen-bond acceptors (Lipinski definition) is 9. The Kier molecular flexibility index (Phi) is 13.7. The lowest BCUT2D eigenvalue weighted by molar-refractivity contribution is -0.141. The highest BCUT2D eigenvalue weighted by molar-refractivity contribution is 7.80. The van der Waals surface area contributed by atoms with Crippen LogP contribution in [0.2, 0.25) is 0 Å². The second-order valence-electron chi connectivity index (χ2n) is 7.03. The monoisotopic (exact) mass is 506 g/mol. The van der Waals surface area contributed by atoms with Crippen LogP contribution >= 0.6 is 12.6 Å². The summed E-state index contributed by atoms with van der Waals surface area (Å²) in [4.78, 5) is 74.5. The number of nitrogens with zero attached hydrogens (tertiary/aromatic N) is 1. The molecule has 0 bridgehead atoms. The van der Waals surface area contributed by atoms with Crippen molar-refractivity contribution in [1.29, 1.82) is 0 Å². The number of rotatable bonds is 16. The lowest BCUT2D eigenvalue weighted by atomic mass is 10.1. The van der Waals surface area contributed by atoms with E-state index in [0.29, 0.717) is 0 Å². The average molecular weight is 507 g/mol. The summed E-state index contributed by atoms with van der Waals surface area (Å²) in [6.45, 7) is 0.0800. The van der Waals surface area contributed by atoms with Gasteiger partial charge in [-0.25, -0.2) is 4.79 Å². The van der Waals surface area contributed by atoms with Crippen molar-refractivity contribution in [2.24, 2.45) is 27.9 Å². The minimum atomic E-state index is -1.57. The molecule has 0 aliphatic heterocycles. The molecule has 0 radical (unpaired) electrons. The lowest BCUT2D eigenvalue weighted by Crippen LogP contribution is -2.58. The van der Waals surface area contributed by atoms with E-state index in [1.54, 1.807) is 0 Å². The molecule has 0 aromatic carbocycles. The second-order valence-corrected chi connectivity index (χ2v) is 7.39. The number of thiol groups is 1. The van der Waals surface area contributed by atoms with Crippen LogP contribution in [-0.2, 0) is 28.8 Å². The normalized spacial score (nSPS) is 13.9. The number of carbonyl (C=O) groups excluding carboxylic acids is 4. The van der Waals surface area contributed by atoms with Gasteiger partial charge >= 0.3 is 11.9 Å². The Balaban J connectivity index is 5.56. The zero-order valence-electron chi connectivity index (χ0n) is 18.1. The van der Waals surface area contributed by atoms with Crippen LogP contribution in [0, 0.1) is 0 Å². The molecule has 0 aromatic rings. The van der Waals surface area contributed by atoms with Gasteiger partial charge in [0.1, 0.15) is 18.1 Å². The van der Waals surface area contributed by atoms with Gasteiger partial charge in [0.2, 0.25) is 23.6 Å². The van der Waals surface area contributed by atoms with Gasteiger partial charge in [0.25, 0.3) is 0 Å². The van der Waals surface area contributed by atoms with Crippen LogP contribution in [-0.4, -0.2) is 88.2 Å². The Morgan fingerprint density at radius 1 is 0.824 bits per heavy atom. The first-order valence-corrected chi connectivity index (χ1v) is 10.5. The van der Waals surface area contributed by atoms with Gasteiger partial charge in [0.15, 0.2) is 5.96 Å². The van der Waals surface area contributed by atoms with Gasteiger partial charge in [-0.15, -0.1) is 0 Å². The smallest absolute Gasteiger partial charge is 0.327 e. The quantitative estimate of drug-likeness (QED) is 0.0410. The maximum atomic E-state index is 12.8. The number of aliphatic imine (C=N–C) groups is 1. The van der Waals surface area contributed by atoms with E-state index in [-0.39, 0.29) is 31.1 Å². The van der Waals surface area contributed by atoms with Gasteiger partial charge in [-0.1, -0.05) is 0 Å². The molecule has 13 N–H and O–H groups in total. The van der Waals surface area contributed by atoms with Crippen molar-refractivity contribution >= 4 is 54.2 Å². The SMILES string of the molecule is NC(=O)CC(NC(=O)C(CCCN=C(N)N)NC(=O)C(N)CC(=O)O)C(=O)NC(CS)C(=O)O. The van der Waals surface area contributed by atoms with Gasteiger partial charge in [0, 0.05) is 12.3 Å². The number of carboxylic acids is 2. The van der Waals surface area contributed by atoms with Crippen molar-refractivity contribution in [2.45, 2.75) is 49.9 Å². The van der Waals surface area contributed by atoms with Crippen molar-refractivity contribution in [1.82, 2.24) is 16.0 Å². The molecule has 4 amide bonds. The summed E-state index contributed by atoms with van der Waals surface area (Å²) in [5.74, 6) is -7.12. The van der Waals surface area contributed by atoms with E-state index in [9.17, 15) is 28.8 Å². The Morgan fingerprint density at radius 2 is 1.35 bits per heavy atom. The summed E-state index contributed by atoms with van der Waals surface area (Å²) < 4.78 is 0. The van der Waals surface area contributed by atoms with E-state index < -0.39 is 72.6 Å². The summed E-state index contributed by atoms with van der Waals surface area (Å²) in [7, 11) is 0. The highest BCUT2D eigenvalue weighted by Gasteiger charge is 2.31. The molecule has 16 nitrogen and oxygen atoms in total. The minimum Gasteiger partial charge on any atom is -0.481 e. The Hall–Kier alpha value is -3.60. The minimum absolute atomic E-state index is 0.0621. The Bertz CT molecular complexity index is 804. The Morgan fingerprint density at radius 3 is 1.82 bits per heavy atom. The van der Waals surface area contributed by atoms with Crippen LogP contribution < -0.4 is 38.9 Å². The molecular weight excluding hydrogens is 476 g/mol. The van der Waals surface area contributed by atoms with E-state index in [1.807, 2.05) is 0 Å². The zero-order chi connectivity index (χ0) is 26.4. The van der Waals surface area contributed by atoms with Crippen molar-refractivity contribution in [3.05, 3.63) is 0 Å². The topological polar surface area (TPSA) is 295 Å². The first-order chi connectivity index (χ1) is 15.8. The van der Waals surface area contributed by atoms with E-state index in [0.717, 1.165) is 0 Å². The van der Waals surface area contributed by atoms with E-state index in [1.165, 1.54) is 0 Å². The molecule has 0 spiro atoms.